The van der Waals surface area contributed by atoms with Crippen molar-refractivity contribution in [3.05, 3.63) is 63.6 Å². The fourth-order valence-electron chi connectivity index (χ4n) is 2.56. The zero-order chi connectivity index (χ0) is 13.2. The lowest BCUT2D eigenvalue weighted by Gasteiger charge is -2.31. The summed E-state index contributed by atoms with van der Waals surface area (Å²) in [5, 5.41) is 9.24. The van der Waals surface area contributed by atoms with Crippen LogP contribution < -0.4 is 4.90 Å². The number of halogens is 1. The Hall–Kier alpha value is -1.79. The van der Waals surface area contributed by atoms with Crippen molar-refractivity contribution in [1.82, 2.24) is 0 Å². The lowest BCUT2D eigenvalue weighted by atomic mass is 9.99. The van der Waals surface area contributed by atoms with Crippen LogP contribution in [0.5, 0.6) is 0 Å². The van der Waals surface area contributed by atoms with Gasteiger partial charge in [0.2, 0.25) is 0 Å². The number of hydrogen-bond acceptors (Lipinski definition) is 2. The minimum Gasteiger partial charge on any atom is -0.366 e. The quantitative estimate of drug-likeness (QED) is 0.799. The van der Waals surface area contributed by atoms with Crippen molar-refractivity contribution in [2.24, 2.45) is 0 Å². The van der Waals surface area contributed by atoms with Gasteiger partial charge < -0.3 is 4.90 Å². The van der Waals surface area contributed by atoms with Gasteiger partial charge in [-0.3, -0.25) is 0 Å². The standard InChI is InChI=1S/C16H13BrN2/c17-15-6-5-13(10-18)16(9-15)19-8-7-12-3-1-2-4-14(12)11-19/h1-6,9H,7-8,11H2. The highest BCUT2D eigenvalue weighted by atomic mass is 79.9. The molecule has 0 fully saturated rings. The highest BCUT2D eigenvalue weighted by molar-refractivity contribution is 9.10. The minimum absolute atomic E-state index is 0.739. The van der Waals surface area contributed by atoms with Gasteiger partial charge in [-0.25, -0.2) is 0 Å². The van der Waals surface area contributed by atoms with E-state index >= 15 is 0 Å². The Balaban J connectivity index is 1.98. The fourth-order valence-corrected chi connectivity index (χ4v) is 2.91. The maximum Gasteiger partial charge on any atom is 0.101 e. The molecule has 0 spiro atoms. The zero-order valence-electron chi connectivity index (χ0n) is 10.4. The Bertz CT molecular complexity index is 658. The third-order valence-electron chi connectivity index (χ3n) is 3.55. The van der Waals surface area contributed by atoms with E-state index in [0.29, 0.717) is 0 Å². The molecule has 2 aromatic carbocycles. The molecule has 2 nitrogen and oxygen atoms in total. The highest BCUT2D eigenvalue weighted by Gasteiger charge is 2.18. The average Bonchev–Trinajstić information content (AvgIpc) is 2.46. The van der Waals surface area contributed by atoms with Crippen molar-refractivity contribution in [2.75, 3.05) is 11.4 Å². The van der Waals surface area contributed by atoms with Gasteiger partial charge in [0, 0.05) is 17.6 Å². The number of nitrogens with zero attached hydrogens (tertiary/aromatic N) is 2. The monoisotopic (exact) mass is 312 g/mol. The van der Waals surface area contributed by atoms with Crippen molar-refractivity contribution >= 4 is 21.6 Å². The number of anilines is 1. The molecule has 0 saturated heterocycles. The first kappa shape index (κ1) is 12.3. The van der Waals surface area contributed by atoms with Crippen LogP contribution in [0.4, 0.5) is 5.69 Å². The predicted molar refractivity (Wildman–Crippen MR) is 80.1 cm³/mol. The lowest BCUT2D eigenvalue weighted by Crippen LogP contribution is -2.30. The molecule has 0 unspecified atom stereocenters. The Kier molecular flexibility index (Phi) is 3.27. The largest absolute Gasteiger partial charge is 0.366 e. The van der Waals surface area contributed by atoms with Gasteiger partial charge in [0.05, 0.1) is 11.3 Å². The van der Waals surface area contributed by atoms with Crippen molar-refractivity contribution in [3.8, 4) is 6.07 Å². The summed E-state index contributed by atoms with van der Waals surface area (Å²) >= 11 is 3.49. The van der Waals surface area contributed by atoms with Crippen LogP contribution in [0.15, 0.2) is 46.9 Å². The molecule has 1 aliphatic rings. The molecule has 0 amide bonds. The number of fused-ring (bicyclic) bond motifs is 1. The van der Waals surface area contributed by atoms with Crippen LogP contribution in [0.25, 0.3) is 0 Å². The fraction of sp³-hybridized carbons (Fsp3) is 0.188. The molecular weight excluding hydrogens is 300 g/mol. The van der Waals surface area contributed by atoms with E-state index in [2.05, 4.69) is 51.2 Å². The van der Waals surface area contributed by atoms with E-state index in [-0.39, 0.29) is 0 Å². The molecule has 2 aromatic rings. The SMILES string of the molecule is N#Cc1ccc(Br)cc1N1CCc2ccccc2C1. The first-order valence-electron chi connectivity index (χ1n) is 6.29. The van der Waals surface area contributed by atoms with Gasteiger partial charge in [0.25, 0.3) is 0 Å². The molecule has 0 radical (unpaired) electrons. The Morgan fingerprint density at radius 2 is 1.89 bits per heavy atom. The van der Waals surface area contributed by atoms with Crippen molar-refractivity contribution in [1.29, 1.82) is 5.26 Å². The first-order valence-corrected chi connectivity index (χ1v) is 7.08. The van der Waals surface area contributed by atoms with Crippen LogP contribution in [0, 0.1) is 11.3 Å². The first-order chi connectivity index (χ1) is 9.28. The van der Waals surface area contributed by atoms with Crippen LogP contribution in [0.3, 0.4) is 0 Å². The third kappa shape index (κ3) is 2.36. The zero-order valence-corrected chi connectivity index (χ0v) is 12.0. The lowest BCUT2D eigenvalue weighted by molar-refractivity contribution is 0.730. The topological polar surface area (TPSA) is 27.0 Å². The Morgan fingerprint density at radius 1 is 1.11 bits per heavy atom. The van der Waals surface area contributed by atoms with Crippen molar-refractivity contribution < 1.29 is 0 Å². The van der Waals surface area contributed by atoms with Crippen LogP contribution in [0.2, 0.25) is 0 Å². The van der Waals surface area contributed by atoms with Crippen molar-refractivity contribution in [3.63, 3.8) is 0 Å². The third-order valence-corrected chi connectivity index (χ3v) is 4.04. The van der Waals surface area contributed by atoms with Crippen molar-refractivity contribution in [2.45, 2.75) is 13.0 Å². The van der Waals surface area contributed by atoms with Gasteiger partial charge >= 0.3 is 0 Å². The molecule has 3 rings (SSSR count). The van der Waals surface area contributed by atoms with Gasteiger partial charge in [-0.2, -0.15) is 5.26 Å². The molecule has 3 heteroatoms. The van der Waals surface area contributed by atoms with E-state index in [1.54, 1.807) is 0 Å². The summed E-state index contributed by atoms with van der Waals surface area (Å²) in [6.45, 7) is 1.84. The van der Waals surface area contributed by atoms with E-state index in [0.717, 1.165) is 35.2 Å². The molecule has 0 bridgehead atoms. The van der Waals surface area contributed by atoms with E-state index in [4.69, 9.17) is 0 Å². The summed E-state index contributed by atoms with van der Waals surface area (Å²) in [5.74, 6) is 0. The van der Waals surface area contributed by atoms with Gasteiger partial charge in [0.15, 0.2) is 0 Å². The molecule has 0 aromatic heterocycles. The summed E-state index contributed by atoms with van der Waals surface area (Å²) in [5.41, 5.74) is 4.54. The molecule has 0 N–H and O–H groups in total. The molecule has 94 valence electrons. The number of rotatable bonds is 1. The summed E-state index contributed by atoms with van der Waals surface area (Å²) in [7, 11) is 0. The summed E-state index contributed by atoms with van der Waals surface area (Å²) < 4.78 is 1.01. The minimum atomic E-state index is 0.739. The number of benzene rings is 2. The molecule has 0 saturated carbocycles. The van der Waals surface area contributed by atoms with E-state index in [1.165, 1.54) is 11.1 Å². The second-order valence-electron chi connectivity index (χ2n) is 4.71. The Labute approximate surface area is 121 Å². The maximum absolute atomic E-state index is 9.24. The summed E-state index contributed by atoms with van der Waals surface area (Å²) in [4.78, 5) is 2.28. The molecule has 1 heterocycles. The van der Waals surface area contributed by atoms with E-state index in [9.17, 15) is 5.26 Å². The highest BCUT2D eigenvalue weighted by Crippen LogP contribution is 2.29. The normalized spacial score (nSPS) is 13.8. The van der Waals surface area contributed by atoms with Crippen LogP contribution in [-0.4, -0.2) is 6.54 Å². The molecule has 19 heavy (non-hydrogen) atoms. The van der Waals surface area contributed by atoms with Crippen LogP contribution in [0.1, 0.15) is 16.7 Å². The predicted octanol–water partition coefficient (Wildman–Crippen LogP) is 3.88. The summed E-state index contributed by atoms with van der Waals surface area (Å²) in [6, 6.07) is 16.6. The Morgan fingerprint density at radius 3 is 2.68 bits per heavy atom. The van der Waals surface area contributed by atoms with E-state index < -0.39 is 0 Å². The average molecular weight is 313 g/mol. The molecule has 1 aliphatic heterocycles. The smallest absolute Gasteiger partial charge is 0.101 e. The number of nitriles is 1. The van der Waals surface area contributed by atoms with E-state index in [1.807, 2.05) is 18.2 Å². The maximum atomic E-state index is 9.24. The molecule has 0 atom stereocenters. The molecular formula is C16H13BrN2. The second kappa shape index (κ2) is 5.07. The van der Waals surface area contributed by atoms with Gasteiger partial charge in [-0.15, -0.1) is 0 Å². The summed E-state index contributed by atoms with van der Waals surface area (Å²) in [6.07, 6.45) is 1.04. The number of hydrogen-bond donors (Lipinski definition) is 0. The molecule has 0 aliphatic carbocycles. The van der Waals surface area contributed by atoms with Crippen LogP contribution >= 0.6 is 15.9 Å². The van der Waals surface area contributed by atoms with Crippen LogP contribution in [-0.2, 0) is 13.0 Å². The van der Waals surface area contributed by atoms with Gasteiger partial charge in [0.1, 0.15) is 6.07 Å². The van der Waals surface area contributed by atoms with Gasteiger partial charge in [-0.1, -0.05) is 40.2 Å². The van der Waals surface area contributed by atoms with Gasteiger partial charge in [-0.05, 0) is 35.7 Å². The second-order valence-corrected chi connectivity index (χ2v) is 5.63.